The van der Waals surface area contributed by atoms with Gasteiger partial charge in [0, 0.05) is 16.6 Å². The maximum Gasteiger partial charge on any atom is 0.319 e. The molecule has 1 aromatic carbocycles. The summed E-state index contributed by atoms with van der Waals surface area (Å²) >= 11 is 0. The van der Waals surface area contributed by atoms with Gasteiger partial charge in [0.2, 0.25) is 0 Å². The Balaban J connectivity index is 1.38. The number of urea groups is 1. The highest BCUT2D eigenvalue weighted by atomic mass is 16.2. The summed E-state index contributed by atoms with van der Waals surface area (Å²) in [6, 6.07) is 9.88. The van der Waals surface area contributed by atoms with E-state index in [0.29, 0.717) is 0 Å². The van der Waals surface area contributed by atoms with E-state index < -0.39 is 0 Å². The van der Waals surface area contributed by atoms with Gasteiger partial charge in [0.15, 0.2) is 0 Å². The molecule has 2 aromatic rings. The number of amides is 2. The van der Waals surface area contributed by atoms with Crippen LogP contribution in [-0.2, 0) is 0 Å². The molecule has 4 aliphatic rings. The van der Waals surface area contributed by atoms with Crippen molar-refractivity contribution in [2.75, 3.05) is 5.32 Å². The van der Waals surface area contributed by atoms with Crippen LogP contribution in [0.25, 0.3) is 10.9 Å². The Bertz CT molecular complexity index is 809. The first-order valence-corrected chi connectivity index (χ1v) is 9.54. The lowest BCUT2D eigenvalue weighted by Gasteiger charge is -2.56. The second-order valence-corrected chi connectivity index (χ2v) is 8.61. The average Bonchev–Trinajstić information content (AvgIpc) is 2.52. The molecule has 4 bridgehead atoms. The van der Waals surface area contributed by atoms with E-state index in [9.17, 15) is 4.79 Å². The van der Waals surface area contributed by atoms with Crippen LogP contribution in [0.2, 0.25) is 0 Å². The Morgan fingerprint density at radius 2 is 1.72 bits per heavy atom. The minimum atomic E-state index is -0.0577. The first-order chi connectivity index (χ1) is 12.1. The molecule has 4 saturated carbocycles. The zero-order chi connectivity index (χ0) is 17.0. The molecule has 0 radical (unpaired) electrons. The third kappa shape index (κ3) is 2.68. The fourth-order valence-corrected chi connectivity index (χ4v) is 6.07. The van der Waals surface area contributed by atoms with Crippen molar-refractivity contribution in [3.8, 4) is 0 Å². The number of nitrogens with one attached hydrogen (secondary N) is 2. The first kappa shape index (κ1) is 15.2. The Morgan fingerprint density at radius 1 is 1.08 bits per heavy atom. The van der Waals surface area contributed by atoms with Gasteiger partial charge in [0.1, 0.15) is 0 Å². The summed E-state index contributed by atoms with van der Waals surface area (Å²) in [4.78, 5) is 17.4. The summed E-state index contributed by atoms with van der Waals surface area (Å²) in [7, 11) is 0. The molecule has 0 saturated heterocycles. The van der Waals surface area contributed by atoms with Crippen molar-refractivity contribution in [1.29, 1.82) is 0 Å². The van der Waals surface area contributed by atoms with Gasteiger partial charge in [-0.15, -0.1) is 0 Å². The van der Waals surface area contributed by atoms with Crippen LogP contribution in [0.3, 0.4) is 0 Å². The van der Waals surface area contributed by atoms with Crippen molar-refractivity contribution in [2.45, 2.75) is 51.0 Å². The number of fused-ring (bicyclic) bond motifs is 1. The summed E-state index contributed by atoms with van der Waals surface area (Å²) in [5, 5.41) is 7.49. The molecule has 0 spiro atoms. The van der Waals surface area contributed by atoms with E-state index in [4.69, 9.17) is 0 Å². The van der Waals surface area contributed by atoms with Crippen molar-refractivity contribution < 1.29 is 4.79 Å². The summed E-state index contributed by atoms with van der Waals surface area (Å²) < 4.78 is 0. The SMILES string of the molecule is Cc1cc(NC(=O)NC23CC4CC(CC(C4)C2)C3)c2ccccc2n1. The molecule has 0 atom stereocenters. The molecule has 2 amide bonds. The van der Waals surface area contributed by atoms with Gasteiger partial charge in [-0.2, -0.15) is 0 Å². The third-order valence-corrected chi connectivity index (χ3v) is 6.51. The van der Waals surface area contributed by atoms with Gasteiger partial charge in [-0.05, 0) is 75.3 Å². The van der Waals surface area contributed by atoms with Crippen molar-refractivity contribution in [2.24, 2.45) is 17.8 Å². The maximum atomic E-state index is 12.8. The molecular weight excluding hydrogens is 310 g/mol. The van der Waals surface area contributed by atoms with Crippen LogP contribution in [0.4, 0.5) is 10.5 Å². The van der Waals surface area contributed by atoms with Crippen molar-refractivity contribution in [3.05, 3.63) is 36.0 Å². The number of hydrogen-bond donors (Lipinski definition) is 2. The predicted molar refractivity (Wildman–Crippen MR) is 99.5 cm³/mol. The summed E-state index contributed by atoms with van der Waals surface area (Å²) in [5.74, 6) is 2.49. The number of nitrogens with zero attached hydrogens (tertiary/aromatic N) is 1. The van der Waals surface area contributed by atoms with E-state index in [1.807, 2.05) is 37.3 Å². The van der Waals surface area contributed by atoms with Gasteiger partial charge >= 0.3 is 6.03 Å². The van der Waals surface area contributed by atoms with Gasteiger partial charge < -0.3 is 10.6 Å². The number of para-hydroxylation sites is 1. The van der Waals surface area contributed by atoms with Crippen molar-refractivity contribution in [3.63, 3.8) is 0 Å². The van der Waals surface area contributed by atoms with Crippen LogP contribution in [0, 0.1) is 24.7 Å². The topological polar surface area (TPSA) is 54.0 Å². The van der Waals surface area contributed by atoms with Crippen LogP contribution in [0.15, 0.2) is 30.3 Å². The molecule has 25 heavy (non-hydrogen) atoms. The van der Waals surface area contributed by atoms with Crippen LogP contribution >= 0.6 is 0 Å². The van der Waals surface area contributed by atoms with Crippen LogP contribution in [0.1, 0.15) is 44.2 Å². The second kappa shape index (κ2) is 5.45. The highest BCUT2D eigenvalue weighted by Crippen LogP contribution is 2.55. The van der Waals surface area contributed by atoms with Gasteiger partial charge in [-0.1, -0.05) is 18.2 Å². The third-order valence-electron chi connectivity index (χ3n) is 6.51. The minimum Gasteiger partial charge on any atom is -0.332 e. The largest absolute Gasteiger partial charge is 0.332 e. The number of rotatable bonds is 2. The number of anilines is 1. The number of aromatic nitrogens is 1. The molecule has 0 aliphatic heterocycles. The fourth-order valence-electron chi connectivity index (χ4n) is 6.07. The molecular formula is C21H25N3O. The maximum absolute atomic E-state index is 12.8. The van der Waals surface area contributed by atoms with Crippen LogP contribution < -0.4 is 10.6 Å². The Hall–Kier alpha value is -2.10. The van der Waals surface area contributed by atoms with Crippen LogP contribution in [0.5, 0.6) is 0 Å². The molecule has 4 aliphatic carbocycles. The smallest absolute Gasteiger partial charge is 0.319 e. The van der Waals surface area contributed by atoms with Gasteiger partial charge in [-0.25, -0.2) is 4.79 Å². The quantitative estimate of drug-likeness (QED) is 0.840. The van der Waals surface area contributed by atoms with E-state index in [0.717, 1.165) is 40.0 Å². The number of benzene rings is 1. The standard InChI is InChI=1S/C21H25N3O/c1-13-6-19(17-4-2-3-5-18(17)22-13)23-20(25)24-21-10-14-7-15(11-21)9-16(8-14)12-21/h2-6,14-16H,7-12H2,1H3,(H2,22,23,24,25). The Kier molecular flexibility index (Phi) is 3.31. The Labute approximate surface area is 148 Å². The summed E-state index contributed by atoms with van der Waals surface area (Å²) in [6.45, 7) is 1.97. The first-order valence-electron chi connectivity index (χ1n) is 9.54. The zero-order valence-corrected chi connectivity index (χ0v) is 14.7. The van der Waals surface area contributed by atoms with Gasteiger partial charge in [0.25, 0.3) is 0 Å². The molecule has 0 unspecified atom stereocenters. The lowest BCUT2D eigenvalue weighted by atomic mass is 9.53. The predicted octanol–water partition coefficient (Wildman–Crippen LogP) is 4.63. The molecule has 1 heterocycles. The fraction of sp³-hybridized carbons (Fsp3) is 0.524. The molecule has 130 valence electrons. The normalized spacial score (nSPS) is 32.8. The number of aryl methyl sites for hydroxylation is 1. The molecule has 2 N–H and O–H groups in total. The summed E-state index contributed by atoms with van der Waals surface area (Å²) in [6.07, 6.45) is 7.66. The van der Waals surface area contributed by atoms with Crippen LogP contribution in [-0.4, -0.2) is 16.6 Å². The Morgan fingerprint density at radius 3 is 2.40 bits per heavy atom. The van der Waals surface area contributed by atoms with Crippen molar-refractivity contribution >= 4 is 22.6 Å². The number of carbonyl (C=O) groups excluding carboxylic acids is 1. The van der Waals surface area contributed by atoms with E-state index in [1.54, 1.807) is 0 Å². The molecule has 6 rings (SSSR count). The lowest BCUT2D eigenvalue weighted by Crippen LogP contribution is -2.60. The van der Waals surface area contributed by atoms with Crippen molar-refractivity contribution in [1.82, 2.24) is 10.3 Å². The molecule has 4 nitrogen and oxygen atoms in total. The number of pyridine rings is 1. The van der Waals surface area contributed by atoms with Gasteiger partial charge in [0.05, 0.1) is 11.2 Å². The highest BCUT2D eigenvalue weighted by molar-refractivity contribution is 6.00. The highest BCUT2D eigenvalue weighted by Gasteiger charge is 2.51. The molecule has 1 aromatic heterocycles. The van der Waals surface area contributed by atoms with E-state index in [1.165, 1.54) is 38.5 Å². The van der Waals surface area contributed by atoms with Gasteiger partial charge in [-0.3, -0.25) is 4.98 Å². The molecule has 4 heteroatoms. The van der Waals surface area contributed by atoms with E-state index in [2.05, 4.69) is 15.6 Å². The average molecular weight is 335 g/mol. The number of hydrogen-bond acceptors (Lipinski definition) is 2. The van der Waals surface area contributed by atoms with E-state index >= 15 is 0 Å². The number of carbonyl (C=O) groups is 1. The minimum absolute atomic E-state index is 0.0384. The second-order valence-electron chi connectivity index (χ2n) is 8.61. The summed E-state index contributed by atoms with van der Waals surface area (Å²) in [5.41, 5.74) is 2.73. The monoisotopic (exact) mass is 335 g/mol. The molecule has 4 fully saturated rings. The van der Waals surface area contributed by atoms with E-state index in [-0.39, 0.29) is 11.6 Å². The lowest BCUT2D eigenvalue weighted by molar-refractivity contribution is -0.0127. The zero-order valence-electron chi connectivity index (χ0n) is 14.7.